The summed E-state index contributed by atoms with van der Waals surface area (Å²) < 4.78 is 5.43. The molecule has 1 aliphatic heterocycles. The van der Waals surface area contributed by atoms with Crippen LogP contribution in [0, 0.1) is 0 Å². The minimum atomic E-state index is 0. The zero-order chi connectivity index (χ0) is 17.3. The van der Waals surface area contributed by atoms with E-state index in [1.54, 1.807) is 0 Å². The van der Waals surface area contributed by atoms with Gasteiger partial charge in [0.1, 0.15) is 0 Å². The van der Waals surface area contributed by atoms with Gasteiger partial charge in [-0.1, -0.05) is 36.4 Å². The molecular formula is C20H31IN4O. The summed E-state index contributed by atoms with van der Waals surface area (Å²) in [6.07, 6.45) is 6.63. The molecule has 1 aromatic carbocycles. The molecule has 0 bridgehead atoms. The highest BCUT2D eigenvalue weighted by Gasteiger charge is 2.12. The maximum atomic E-state index is 5.43. The predicted octanol–water partition coefficient (Wildman–Crippen LogP) is 2.91. The average Bonchev–Trinajstić information content (AvgIpc) is 3.14. The fraction of sp³-hybridized carbons (Fsp3) is 0.550. The van der Waals surface area contributed by atoms with Gasteiger partial charge in [-0.25, -0.2) is 4.99 Å². The molecule has 6 heteroatoms. The minimum absolute atomic E-state index is 0. The van der Waals surface area contributed by atoms with Crippen molar-refractivity contribution in [3.05, 3.63) is 47.5 Å². The van der Waals surface area contributed by atoms with Crippen molar-refractivity contribution in [2.45, 2.75) is 38.9 Å². The molecule has 144 valence electrons. The standard InChI is InChI=1S/C20H30N4O.HI/c1-2-21-20(23-19-8-3-4-9-19)22-15-17-6-5-7-18(14-17)16-24-10-12-25-13-11-24;/h3-7,14,19H,2,8-13,15-16H2,1H3,(H2,21,22,23);1H. The fourth-order valence-corrected chi connectivity index (χ4v) is 3.26. The van der Waals surface area contributed by atoms with Crippen LogP contribution in [0.4, 0.5) is 0 Å². The molecule has 1 saturated heterocycles. The summed E-state index contributed by atoms with van der Waals surface area (Å²) in [6, 6.07) is 9.26. The first-order valence-corrected chi connectivity index (χ1v) is 9.41. The van der Waals surface area contributed by atoms with E-state index in [9.17, 15) is 0 Å². The third kappa shape index (κ3) is 6.89. The number of hydrogen-bond acceptors (Lipinski definition) is 3. The molecule has 0 aromatic heterocycles. The Bertz CT molecular complexity index is 591. The summed E-state index contributed by atoms with van der Waals surface area (Å²) in [5.74, 6) is 0.912. The van der Waals surface area contributed by atoms with E-state index in [1.165, 1.54) is 11.1 Å². The van der Waals surface area contributed by atoms with E-state index < -0.39 is 0 Å². The van der Waals surface area contributed by atoms with Crippen LogP contribution in [-0.2, 0) is 17.8 Å². The SMILES string of the molecule is CCNC(=NCc1cccc(CN2CCOCC2)c1)NC1CC=CC1.I. The van der Waals surface area contributed by atoms with Gasteiger partial charge in [0.05, 0.1) is 19.8 Å². The third-order valence-electron chi connectivity index (χ3n) is 4.61. The highest BCUT2D eigenvalue weighted by Crippen LogP contribution is 2.12. The molecule has 26 heavy (non-hydrogen) atoms. The van der Waals surface area contributed by atoms with Crippen LogP contribution in [0.15, 0.2) is 41.4 Å². The monoisotopic (exact) mass is 470 g/mol. The van der Waals surface area contributed by atoms with E-state index >= 15 is 0 Å². The molecule has 0 radical (unpaired) electrons. The minimum Gasteiger partial charge on any atom is -0.379 e. The smallest absolute Gasteiger partial charge is 0.191 e. The summed E-state index contributed by atoms with van der Waals surface area (Å²) in [5, 5.41) is 6.87. The van der Waals surface area contributed by atoms with Crippen LogP contribution in [0.1, 0.15) is 30.9 Å². The lowest BCUT2D eigenvalue weighted by atomic mass is 10.1. The van der Waals surface area contributed by atoms with Crippen LogP contribution in [0.5, 0.6) is 0 Å². The van der Waals surface area contributed by atoms with Crippen LogP contribution in [0.2, 0.25) is 0 Å². The quantitative estimate of drug-likeness (QED) is 0.291. The fourth-order valence-electron chi connectivity index (χ4n) is 3.26. The number of halogens is 1. The number of nitrogens with one attached hydrogen (secondary N) is 2. The van der Waals surface area contributed by atoms with E-state index in [0.29, 0.717) is 12.6 Å². The van der Waals surface area contributed by atoms with Gasteiger partial charge in [-0.15, -0.1) is 24.0 Å². The highest BCUT2D eigenvalue weighted by molar-refractivity contribution is 14.0. The Morgan fingerprint density at radius 1 is 1.19 bits per heavy atom. The largest absolute Gasteiger partial charge is 0.379 e. The predicted molar refractivity (Wildman–Crippen MR) is 118 cm³/mol. The van der Waals surface area contributed by atoms with Crippen molar-refractivity contribution < 1.29 is 4.74 Å². The van der Waals surface area contributed by atoms with Gasteiger partial charge in [0.25, 0.3) is 0 Å². The maximum absolute atomic E-state index is 5.43. The van der Waals surface area contributed by atoms with Crippen LogP contribution >= 0.6 is 24.0 Å². The molecule has 1 heterocycles. The van der Waals surface area contributed by atoms with Crippen LogP contribution in [0.3, 0.4) is 0 Å². The second kappa shape index (κ2) is 11.6. The van der Waals surface area contributed by atoms with Crippen molar-refractivity contribution in [3.8, 4) is 0 Å². The van der Waals surface area contributed by atoms with Gasteiger partial charge >= 0.3 is 0 Å². The van der Waals surface area contributed by atoms with Gasteiger partial charge in [-0.05, 0) is 30.9 Å². The Hall–Kier alpha value is -1.12. The molecule has 0 atom stereocenters. The van der Waals surface area contributed by atoms with E-state index in [4.69, 9.17) is 9.73 Å². The molecular weight excluding hydrogens is 439 g/mol. The van der Waals surface area contributed by atoms with Crippen LogP contribution < -0.4 is 10.6 Å². The van der Waals surface area contributed by atoms with Crippen molar-refractivity contribution in [1.29, 1.82) is 0 Å². The normalized spacial score (nSPS) is 18.6. The number of guanidine groups is 1. The number of benzene rings is 1. The lowest BCUT2D eigenvalue weighted by Crippen LogP contribution is -2.42. The van der Waals surface area contributed by atoms with Gasteiger partial charge < -0.3 is 15.4 Å². The molecule has 1 fully saturated rings. The van der Waals surface area contributed by atoms with Crippen molar-refractivity contribution in [2.75, 3.05) is 32.8 Å². The molecule has 0 unspecified atom stereocenters. The summed E-state index contributed by atoms with van der Waals surface area (Å²) >= 11 is 0. The van der Waals surface area contributed by atoms with E-state index in [2.05, 4.69) is 58.9 Å². The number of aliphatic imine (C=N–C) groups is 1. The van der Waals surface area contributed by atoms with Gasteiger partial charge in [0.2, 0.25) is 0 Å². The molecule has 3 rings (SSSR count). The average molecular weight is 470 g/mol. The van der Waals surface area contributed by atoms with E-state index in [1.807, 2.05) is 0 Å². The van der Waals surface area contributed by atoms with Gasteiger partial charge in [0, 0.05) is 32.2 Å². The Morgan fingerprint density at radius 2 is 1.92 bits per heavy atom. The summed E-state index contributed by atoms with van der Waals surface area (Å²) in [7, 11) is 0. The number of ether oxygens (including phenoxy) is 1. The van der Waals surface area contributed by atoms with Crippen LogP contribution in [0.25, 0.3) is 0 Å². The number of morpholine rings is 1. The topological polar surface area (TPSA) is 48.9 Å². The Morgan fingerprint density at radius 3 is 2.65 bits per heavy atom. The van der Waals surface area contributed by atoms with E-state index in [0.717, 1.165) is 58.2 Å². The Kier molecular flexibility index (Phi) is 9.42. The van der Waals surface area contributed by atoms with Gasteiger partial charge in [-0.2, -0.15) is 0 Å². The molecule has 2 N–H and O–H groups in total. The second-order valence-electron chi connectivity index (χ2n) is 6.69. The van der Waals surface area contributed by atoms with Crippen molar-refractivity contribution in [2.24, 2.45) is 4.99 Å². The summed E-state index contributed by atoms with van der Waals surface area (Å²) in [6.45, 7) is 8.41. The molecule has 1 aromatic rings. The van der Waals surface area contributed by atoms with Crippen molar-refractivity contribution in [1.82, 2.24) is 15.5 Å². The number of rotatable bonds is 6. The lowest BCUT2D eigenvalue weighted by molar-refractivity contribution is 0.0342. The first kappa shape index (κ1) is 21.2. The molecule has 0 spiro atoms. The summed E-state index contributed by atoms with van der Waals surface area (Å²) in [4.78, 5) is 7.22. The zero-order valence-corrected chi connectivity index (χ0v) is 17.9. The lowest BCUT2D eigenvalue weighted by Gasteiger charge is -2.26. The molecule has 2 aliphatic rings. The first-order chi connectivity index (χ1) is 12.3. The molecule has 0 amide bonds. The van der Waals surface area contributed by atoms with Gasteiger partial charge in [-0.3, -0.25) is 4.90 Å². The number of hydrogen-bond donors (Lipinski definition) is 2. The number of nitrogens with zero attached hydrogens (tertiary/aromatic N) is 2. The molecule has 0 saturated carbocycles. The Labute approximate surface area is 174 Å². The highest BCUT2D eigenvalue weighted by atomic mass is 127. The van der Waals surface area contributed by atoms with Gasteiger partial charge in [0.15, 0.2) is 5.96 Å². The Balaban J connectivity index is 0.00000243. The van der Waals surface area contributed by atoms with Crippen LogP contribution in [-0.4, -0.2) is 49.7 Å². The second-order valence-corrected chi connectivity index (χ2v) is 6.69. The first-order valence-electron chi connectivity index (χ1n) is 9.41. The third-order valence-corrected chi connectivity index (χ3v) is 4.61. The van der Waals surface area contributed by atoms with Crippen molar-refractivity contribution >= 4 is 29.9 Å². The zero-order valence-electron chi connectivity index (χ0n) is 15.6. The van der Waals surface area contributed by atoms with E-state index in [-0.39, 0.29) is 24.0 Å². The maximum Gasteiger partial charge on any atom is 0.191 e. The summed E-state index contributed by atoms with van der Waals surface area (Å²) in [5.41, 5.74) is 2.61. The van der Waals surface area contributed by atoms with Crippen molar-refractivity contribution in [3.63, 3.8) is 0 Å². The molecule has 1 aliphatic carbocycles. The molecule has 5 nitrogen and oxygen atoms in total.